The summed E-state index contributed by atoms with van der Waals surface area (Å²) in [6.45, 7) is 2.70. The van der Waals surface area contributed by atoms with Crippen molar-refractivity contribution in [2.45, 2.75) is 0 Å². The van der Waals surface area contributed by atoms with Crippen molar-refractivity contribution < 1.29 is 4.74 Å². The minimum atomic E-state index is 0.735. The number of benzene rings is 1. The van der Waals surface area contributed by atoms with Crippen LogP contribution in [0.4, 0.5) is 0 Å². The van der Waals surface area contributed by atoms with Crippen LogP contribution in [0.1, 0.15) is 0 Å². The van der Waals surface area contributed by atoms with Crippen molar-refractivity contribution in [3.63, 3.8) is 0 Å². The van der Waals surface area contributed by atoms with Gasteiger partial charge in [0.1, 0.15) is 12.4 Å². The zero-order valence-corrected chi connectivity index (χ0v) is 9.35. The van der Waals surface area contributed by atoms with Gasteiger partial charge in [-0.05, 0) is 18.4 Å². The lowest BCUT2D eigenvalue weighted by Crippen LogP contribution is -2.23. The van der Waals surface area contributed by atoms with Gasteiger partial charge in [-0.1, -0.05) is 18.2 Å². The van der Waals surface area contributed by atoms with Crippen LogP contribution in [0.3, 0.4) is 0 Å². The Balaban J connectivity index is 1.99. The molecule has 0 radical (unpaired) electrons. The van der Waals surface area contributed by atoms with Gasteiger partial charge in [-0.3, -0.25) is 0 Å². The zero-order chi connectivity index (χ0) is 10.1. The maximum Gasteiger partial charge on any atom is 0.119 e. The van der Waals surface area contributed by atoms with Crippen molar-refractivity contribution >= 4 is 11.8 Å². The first-order valence-electron chi connectivity index (χ1n) is 4.81. The van der Waals surface area contributed by atoms with Crippen LogP contribution < -0.4 is 10.1 Å². The third-order valence-electron chi connectivity index (χ3n) is 1.77. The Morgan fingerprint density at radius 3 is 2.71 bits per heavy atom. The molecule has 0 spiro atoms. The summed E-state index contributed by atoms with van der Waals surface area (Å²) >= 11 is 1.85. The van der Waals surface area contributed by atoms with E-state index in [9.17, 15) is 0 Å². The number of para-hydroxylation sites is 1. The van der Waals surface area contributed by atoms with E-state index in [1.54, 1.807) is 0 Å². The number of hydrogen-bond acceptors (Lipinski definition) is 3. The summed E-state index contributed by atoms with van der Waals surface area (Å²) in [5.41, 5.74) is 0. The number of ether oxygens (including phenoxy) is 1. The molecule has 0 aromatic heterocycles. The van der Waals surface area contributed by atoms with Gasteiger partial charge in [0.15, 0.2) is 0 Å². The van der Waals surface area contributed by atoms with Crippen LogP contribution in [0.5, 0.6) is 5.75 Å². The smallest absolute Gasteiger partial charge is 0.119 e. The van der Waals surface area contributed by atoms with E-state index in [2.05, 4.69) is 11.6 Å². The monoisotopic (exact) mass is 211 g/mol. The number of nitrogens with one attached hydrogen (secondary N) is 1. The van der Waals surface area contributed by atoms with Crippen molar-refractivity contribution in [3.8, 4) is 5.75 Å². The molecule has 14 heavy (non-hydrogen) atoms. The van der Waals surface area contributed by atoms with Gasteiger partial charge in [-0.2, -0.15) is 11.8 Å². The predicted molar refractivity (Wildman–Crippen MR) is 63.2 cm³/mol. The largest absolute Gasteiger partial charge is 0.492 e. The maximum absolute atomic E-state index is 5.52. The van der Waals surface area contributed by atoms with Crippen LogP contribution >= 0.6 is 11.8 Å². The van der Waals surface area contributed by atoms with Gasteiger partial charge in [0, 0.05) is 18.8 Å². The SMILES string of the molecule is CSCCNCCOc1ccccc1. The first-order chi connectivity index (χ1) is 6.93. The van der Waals surface area contributed by atoms with Crippen LogP contribution in [-0.4, -0.2) is 31.7 Å². The van der Waals surface area contributed by atoms with Crippen LogP contribution in [-0.2, 0) is 0 Å². The van der Waals surface area contributed by atoms with Gasteiger partial charge in [0.2, 0.25) is 0 Å². The summed E-state index contributed by atoms with van der Waals surface area (Å²) in [4.78, 5) is 0. The van der Waals surface area contributed by atoms with E-state index in [-0.39, 0.29) is 0 Å². The molecule has 1 rings (SSSR count). The van der Waals surface area contributed by atoms with Crippen molar-refractivity contribution in [2.24, 2.45) is 0 Å². The van der Waals surface area contributed by atoms with Crippen LogP contribution in [0.25, 0.3) is 0 Å². The molecule has 0 unspecified atom stereocenters. The van der Waals surface area contributed by atoms with Gasteiger partial charge in [-0.15, -0.1) is 0 Å². The molecule has 0 bridgehead atoms. The lowest BCUT2D eigenvalue weighted by molar-refractivity contribution is 0.315. The highest BCUT2D eigenvalue weighted by molar-refractivity contribution is 7.98. The molecule has 0 saturated heterocycles. The fraction of sp³-hybridized carbons (Fsp3) is 0.455. The standard InChI is InChI=1S/C11H17NOS/c1-14-10-8-12-7-9-13-11-5-3-2-4-6-11/h2-6,12H,7-10H2,1H3. The Bertz CT molecular complexity index is 228. The minimum absolute atomic E-state index is 0.735. The summed E-state index contributed by atoms with van der Waals surface area (Å²) in [5, 5.41) is 3.31. The molecule has 3 heteroatoms. The molecule has 0 heterocycles. The van der Waals surface area contributed by atoms with Gasteiger partial charge >= 0.3 is 0 Å². The molecule has 0 atom stereocenters. The van der Waals surface area contributed by atoms with Gasteiger partial charge in [-0.25, -0.2) is 0 Å². The number of hydrogen-bond donors (Lipinski definition) is 1. The first kappa shape index (κ1) is 11.4. The molecular weight excluding hydrogens is 194 g/mol. The van der Waals surface area contributed by atoms with E-state index >= 15 is 0 Å². The van der Waals surface area contributed by atoms with E-state index in [0.29, 0.717) is 0 Å². The van der Waals surface area contributed by atoms with Crippen LogP contribution in [0.15, 0.2) is 30.3 Å². The molecule has 0 amide bonds. The van der Waals surface area contributed by atoms with Crippen molar-refractivity contribution in [2.75, 3.05) is 31.7 Å². The Hall–Kier alpha value is -0.670. The van der Waals surface area contributed by atoms with Crippen molar-refractivity contribution in [1.82, 2.24) is 5.32 Å². The van der Waals surface area contributed by atoms with E-state index in [1.165, 1.54) is 0 Å². The molecular formula is C11H17NOS. The molecule has 2 nitrogen and oxygen atoms in total. The maximum atomic E-state index is 5.52. The first-order valence-corrected chi connectivity index (χ1v) is 6.20. The Kier molecular flexibility index (Phi) is 6.28. The lowest BCUT2D eigenvalue weighted by atomic mass is 10.3. The molecule has 0 aliphatic carbocycles. The topological polar surface area (TPSA) is 21.3 Å². The molecule has 0 aliphatic rings. The molecule has 1 N–H and O–H groups in total. The predicted octanol–water partition coefficient (Wildman–Crippen LogP) is 2.02. The Morgan fingerprint density at radius 2 is 2.00 bits per heavy atom. The highest BCUT2D eigenvalue weighted by Gasteiger charge is 1.90. The molecule has 0 aliphatic heterocycles. The summed E-state index contributed by atoms with van der Waals surface area (Å²) in [5.74, 6) is 2.10. The summed E-state index contributed by atoms with van der Waals surface area (Å²) < 4.78 is 5.52. The van der Waals surface area contributed by atoms with Crippen molar-refractivity contribution in [1.29, 1.82) is 0 Å². The fourth-order valence-electron chi connectivity index (χ4n) is 1.06. The Morgan fingerprint density at radius 1 is 1.21 bits per heavy atom. The van der Waals surface area contributed by atoms with E-state index in [0.717, 1.165) is 31.2 Å². The number of thioether (sulfide) groups is 1. The summed E-state index contributed by atoms with van der Waals surface area (Å²) in [6, 6.07) is 9.90. The molecule has 78 valence electrons. The Labute approximate surface area is 90.0 Å². The fourth-order valence-corrected chi connectivity index (χ4v) is 1.41. The highest BCUT2D eigenvalue weighted by Crippen LogP contribution is 2.07. The van der Waals surface area contributed by atoms with E-state index in [1.807, 2.05) is 42.1 Å². The highest BCUT2D eigenvalue weighted by atomic mass is 32.2. The minimum Gasteiger partial charge on any atom is -0.492 e. The van der Waals surface area contributed by atoms with Gasteiger partial charge in [0.05, 0.1) is 0 Å². The second kappa shape index (κ2) is 7.71. The molecule has 1 aromatic carbocycles. The molecule has 0 saturated carbocycles. The number of rotatable bonds is 7. The third-order valence-corrected chi connectivity index (χ3v) is 2.39. The quantitative estimate of drug-likeness (QED) is 0.697. The summed E-state index contributed by atoms with van der Waals surface area (Å²) in [7, 11) is 0. The van der Waals surface area contributed by atoms with Crippen LogP contribution in [0, 0.1) is 0 Å². The van der Waals surface area contributed by atoms with Gasteiger partial charge in [0.25, 0.3) is 0 Å². The normalized spacial score (nSPS) is 10.1. The average Bonchev–Trinajstić information content (AvgIpc) is 2.25. The molecule has 1 aromatic rings. The zero-order valence-electron chi connectivity index (χ0n) is 8.53. The lowest BCUT2D eigenvalue weighted by Gasteiger charge is -2.06. The van der Waals surface area contributed by atoms with E-state index in [4.69, 9.17) is 4.74 Å². The second-order valence-electron chi connectivity index (χ2n) is 2.90. The summed E-state index contributed by atoms with van der Waals surface area (Å²) in [6.07, 6.45) is 2.11. The third kappa shape index (κ3) is 5.14. The average molecular weight is 211 g/mol. The molecule has 0 fully saturated rings. The van der Waals surface area contributed by atoms with E-state index < -0.39 is 0 Å². The van der Waals surface area contributed by atoms with Crippen molar-refractivity contribution in [3.05, 3.63) is 30.3 Å². The second-order valence-corrected chi connectivity index (χ2v) is 3.89. The van der Waals surface area contributed by atoms with Crippen LogP contribution in [0.2, 0.25) is 0 Å². The van der Waals surface area contributed by atoms with Gasteiger partial charge < -0.3 is 10.1 Å².